The largest absolute Gasteiger partial charge is 0.0808 e. The lowest BCUT2D eigenvalue weighted by Crippen LogP contribution is -2.17. The van der Waals surface area contributed by atoms with Gasteiger partial charge in [0, 0.05) is 0 Å². The van der Waals surface area contributed by atoms with Gasteiger partial charge in [-0.05, 0) is 74.0 Å². The third-order valence-corrected chi connectivity index (χ3v) is 6.33. The molecule has 0 N–H and O–H groups in total. The van der Waals surface area contributed by atoms with Crippen molar-refractivity contribution in [2.24, 2.45) is 35.5 Å². The summed E-state index contributed by atoms with van der Waals surface area (Å²) in [4.78, 5) is 0. The molecule has 4 aliphatic rings. The Morgan fingerprint density at radius 2 is 1.00 bits per heavy atom. The first-order valence-corrected chi connectivity index (χ1v) is 8.62. The van der Waals surface area contributed by atoms with Crippen LogP contribution in [0.25, 0.3) is 0 Å². The monoisotopic (exact) mass is 266 g/mol. The van der Waals surface area contributed by atoms with E-state index in [-0.39, 0.29) is 0 Å². The Morgan fingerprint density at radius 3 is 1.50 bits per heavy atom. The van der Waals surface area contributed by atoms with Crippen molar-refractivity contribution in [1.82, 2.24) is 0 Å². The van der Waals surface area contributed by atoms with E-state index in [4.69, 9.17) is 0 Å². The first-order valence-electron chi connectivity index (χ1n) is 8.62. The van der Waals surface area contributed by atoms with Gasteiger partial charge in [-0.15, -0.1) is 0 Å². The van der Waals surface area contributed by atoms with Gasteiger partial charge in [-0.25, -0.2) is 0 Å². The van der Waals surface area contributed by atoms with Gasteiger partial charge in [0.05, 0.1) is 0 Å². The molecular formula is C20H26. The first kappa shape index (κ1) is 12.7. The van der Waals surface area contributed by atoms with Crippen LogP contribution < -0.4 is 0 Å². The fourth-order valence-corrected chi connectivity index (χ4v) is 5.23. The second kappa shape index (κ2) is 5.39. The van der Waals surface area contributed by atoms with E-state index in [1.165, 1.54) is 38.5 Å². The maximum atomic E-state index is 2.49. The number of hydrogen-bond donors (Lipinski definition) is 0. The highest BCUT2D eigenvalue weighted by Crippen LogP contribution is 2.47. The van der Waals surface area contributed by atoms with Crippen LogP contribution in [0.3, 0.4) is 0 Å². The normalized spacial score (nSPS) is 44.8. The van der Waals surface area contributed by atoms with Gasteiger partial charge in [0.25, 0.3) is 0 Å². The van der Waals surface area contributed by atoms with Gasteiger partial charge in [-0.1, -0.05) is 48.6 Å². The van der Waals surface area contributed by atoms with E-state index in [2.05, 4.69) is 48.6 Å². The van der Waals surface area contributed by atoms with E-state index >= 15 is 0 Å². The zero-order valence-electron chi connectivity index (χ0n) is 12.3. The van der Waals surface area contributed by atoms with Crippen LogP contribution in [-0.2, 0) is 0 Å². The summed E-state index contributed by atoms with van der Waals surface area (Å²) >= 11 is 0. The van der Waals surface area contributed by atoms with Crippen molar-refractivity contribution in [2.45, 2.75) is 38.5 Å². The standard InChI is InChI=1S/C20H26/c1-3-7-19-15(5-1)9-11-17(19)13-14-18-12-10-16-6-2-4-8-20(16)18/h1-8,15-20H,9-14H2. The lowest BCUT2D eigenvalue weighted by atomic mass is 9.79. The van der Waals surface area contributed by atoms with Gasteiger partial charge in [-0.3, -0.25) is 0 Å². The molecule has 20 heavy (non-hydrogen) atoms. The number of allylic oxidation sites excluding steroid dienone is 8. The zero-order valence-corrected chi connectivity index (χ0v) is 12.3. The summed E-state index contributed by atoms with van der Waals surface area (Å²) in [5.41, 5.74) is 0. The fraction of sp³-hybridized carbons (Fsp3) is 0.600. The smallest absolute Gasteiger partial charge is 0.0139 e. The Bertz CT molecular complexity index is 420. The minimum absolute atomic E-state index is 0.860. The molecule has 0 radical (unpaired) electrons. The predicted molar refractivity (Wildman–Crippen MR) is 85.2 cm³/mol. The third kappa shape index (κ3) is 2.24. The topological polar surface area (TPSA) is 0 Å². The Hall–Kier alpha value is -1.04. The van der Waals surface area contributed by atoms with Crippen LogP contribution in [-0.4, -0.2) is 0 Å². The zero-order chi connectivity index (χ0) is 13.4. The SMILES string of the molecule is C1=CC2CCC(CCC3CCC4C=CC=CC43)C2C=C1. The van der Waals surface area contributed by atoms with Crippen LogP contribution in [0.15, 0.2) is 48.6 Å². The van der Waals surface area contributed by atoms with Crippen molar-refractivity contribution in [2.75, 3.05) is 0 Å². The molecule has 6 atom stereocenters. The Kier molecular flexibility index (Phi) is 3.42. The van der Waals surface area contributed by atoms with Crippen LogP contribution >= 0.6 is 0 Å². The molecule has 6 unspecified atom stereocenters. The molecule has 4 rings (SSSR count). The van der Waals surface area contributed by atoms with E-state index in [1.54, 1.807) is 0 Å². The van der Waals surface area contributed by atoms with Gasteiger partial charge in [0.1, 0.15) is 0 Å². The van der Waals surface area contributed by atoms with Crippen molar-refractivity contribution in [3.8, 4) is 0 Å². The van der Waals surface area contributed by atoms with Gasteiger partial charge in [-0.2, -0.15) is 0 Å². The molecule has 0 amide bonds. The van der Waals surface area contributed by atoms with Gasteiger partial charge in [0.15, 0.2) is 0 Å². The molecule has 106 valence electrons. The van der Waals surface area contributed by atoms with E-state index in [0.717, 1.165) is 35.5 Å². The van der Waals surface area contributed by atoms with E-state index in [1.807, 2.05) is 0 Å². The Morgan fingerprint density at radius 1 is 0.550 bits per heavy atom. The molecule has 2 saturated carbocycles. The maximum Gasteiger partial charge on any atom is -0.0139 e. The van der Waals surface area contributed by atoms with Crippen molar-refractivity contribution < 1.29 is 0 Å². The van der Waals surface area contributed by atoms with E-state index in [9.17, 15) is 0 Å². The second-order valence-electron chi connectivity index (χ2n) is 7.27. The molecule has 0 aromatic carbocycles. The molecule has 0 aromatic rings. The molecule has 0 saturated heterocycles. The molecule has 0 aromatic heterocycles. The van der Waals surface area contributed by atoms with Crippen molar-refractivity contribution in [3.05, 3.63) is 48.6 Å². The maximum absolute atomic E-state index is 2.49. The average Bonchev–Trinajstić information content (AvgIpc) is 3.09. The molecular weight excluding hydrogens is 240 g/mol. The second-order valence-corrected chi connectivity index (χ2v) is 7.27. The number of hydrogen-bond acceptors (Lipinski definition) is 0. The lowest BCUT2D eigenvalue weighted by molar-refractivity contribution is 0.316. The summed E-state index contributed by atoms with van der Waals surface area (Å²) in [5, 5.41) is 0. The summed E-state index contributed by atoms with van der Waals surface area (Å²) in [6.45, 7) is 0. The van der Waals surface area contributed by atoms with Crippen molar-refractivity contribution in [3.63, 3.8) is 0 Å². The van der Waals surface area contributed by atoms with Crippen molar-refractivity contribution >= 4 is 0 Å². The summed E-state index contributed by atoms with van der Waals surface area (Å²) in [6, 6.07) is 0. The Balaban J connectivity index is 1.35. The predicted octanol–water partition coefficient (Wildman–Crippen LogP) is 5.30. The number of rotatable bonds is 3. The van der Waals surface area contributed by atoms with E-state index in [0.29, 0.717) is 0 Å². The van der Waals surface area contributed by atoms with E-state index < -0.39 is 0 Å². The molecule has 0 heterocycles. The van der Waals surface area contributed by atoms with Crippen LogP contribution in [0, 0.1) is 35.5 Å². The molecule has 0 aliphatic heterocycles. The molecule has 4 aliphatic carbocycles. The fourth-order valence-electron chi connectivity index (χ4n) is 5.23. The summed E-state index contributed by atoms with van der Waals surface area (Å²) in [7, 11) is 0. The molecule has 0 nitrogen and oxygen atoms in total. The Labute approximate surface area is 123 Å². The van der Waals surface area contributed by atoms with Crippen LogP contribution in [0.1, 0.15) is 38.5 Å². The summed E-state index contributed by atoms with van der Waals surface area (Å²) in [5.74, 6) is 5.36. The highest BCUT2D eigenvalue weighted by Gasteiger charge is 2.37. The third-order valence-electron chi connectivity index (χ3n) is 6.33. The van der Waals surface area contributed by atoms with Crippen LogP contribution in [0.4, 0.5) is 0 Å². The molecule has 0 spiro atoms. The van der Waals surface area contributed by atoms with Gasteiger partial charge < -0.3 is 0 Å². The minimum atomic E-state index is 0.860. The molecule has 2 fully saturated rings. The average molecular weight is 266 g/mol. The summed E-state index contributed by atoms with van der Waals surface area (Å²) < 4.78 is 0. The van der Waals surface area contributed by atoms with Crippen LogP contribution in [0.5, 0.6) is 0 Å². The van der Waals surface area contributed by atoms with Crippen molar-refractivity contribution in [1.29, 1.82) is 0 Å². The van der Waals surface area contributed by atoms with Gasteiger partial charge in [0.2, 0.25) is 0 Å². The highest BCUT2D eigenvalue weighted by molar-refractivity contribution is 5.18. The first-order chi connectivity index (χ1) is 9.92. The van der Waals surface area contributed by atoms with Crippen LogP contribution in [0.2, 0.25) is 0 Å². The number of fused-ring (bicyclic) bond motifs is 2. The quantitative estimate of drug-likeness (QED) is 0.650. The highest BCUT2D eigenvalue weighted by atomic mass is 14.4. The molecule has 0 bridgehead atoms. The summed E-state index contributed by atoms with van der Waals surface area (Å²) in [6.07, 6.45) is 27.6. The van der Waals surface area contributed by atoms with Gasteiger partial charge >= 0.3 is 0 Å². The lowest BCUT2D eigenvalue weighted by Gasteiger charge is -2.26. The minimum Gasteiger partial charge on any atom is -0.0808 e. The molecule has 0 heteroatoms.